The van der Waals surface area contributed by atoms with Crippen LogP contribution in [-0.4, -0.2) is 252 Å². The molecule has 1 aromatic heterocycles. The molecule has 0 radical (unpaired) electrons. The SMILES string of the molecule is C=C1C(=C)N(C)[C@@H](C)C(C)N1C.C=C1N(C)C(C)(C)C(C)(C)C(C)(C)C(C)(C)C1(C)C.C=C1N(C)C(C)(C)C1(C)C.C=C1N(C)C(C)(C)C1(C)C.C=C1N(C)C(C)[C@H](C)N1C.C=C1N(C)N=C(C)N1C.C=C1[C@@H](C)C(C)C(C)N1C.C=C1[C@@H](C)C(C)N(C)C(=C)N1C.CC1C(=O)N(C)C(C)O[C@H]1C.Cn1nnn(C)c1=O. The smallest absolute Gasteiger partial charge is 0.363 e. The quantitative estimate of drug-likeness (QED) is 0.244. The second-order valence-corrected chi connectivity index (χ2v) is 38.1. The zero-order chi connectivity index (χ0) is 88.4. The van der Waals surface area contributed by atoms with E-state index >= 15 is 0 Å². The van der Waals surface area contributed by atoms with E-state index in [1.807, 2.05) is 53.7 Å². The van der Waals surface area contributed by atoms with Gasteiger partial charge in [0.1, 0.15) is 23.7 Å². The molecule has 111 heavy (non-hydrogen) atoms. The van der Waals surface area contributed by atoms with E-state index in [9.17, 15) is 9.59 Å². The molecule has 7 unspecified atom stereocenters. The summed E-state index contributed by atoms with van der Waals surface area (Å²) in [7, 11) is 29.7. The Morgan fingerprint density at radius 2 is 0.685 bits per heavy atom. The monoisotopic (exact) mass is 1550 g/mol. The molecule has 21 nitrogen and oxygen atoms in total. The number of carbonyl (C=O) groups excluding carboxylic acids is 1. The van der Waals surface area contributed by atoms with Gasteiger partial charge in [0.05, 0.1) is 29.2 Å². The summed E-state index contributed by atoms with van der Waals surface area (Å²) in [6.45, 7) is 110. The standard InChI is InChI=1S/C18H35N.2C10H18N2.3C9H17N.C8H16N2.C8H15NO2.C6H11N3.C3H6N4O/c1-13-14(2,3)15(4,5)16(6,7)17(8,9)18(10,11)19(13)12;1-7-8(2)12(6)10(4)9(3)11(7)5;1-7-8(2)11(5)10(4)12(6)9(7)3;2*1-7-8(2,3)9(4,5)10(7)6;1-6-7(2)9(4)10(5)8(6)3;1-6-7(2)10(5)8(3)9(6)4;1-5-6(2)11-7(3)9(4)8(5)10;1-5-7-9(4)6(2)8(5)3;1-6-3(8)7(2)5-4-6/h1H2,2-12H3;9-10H,1-2H2,3-6H3;7,9H,2,4H2,1,3,5-6H3;2*1H2,2-6H3;6-7,9H,3H2,1-2,4-5H3;6-7H,3H2,1-2,4-5H3;5-7H,1-4H3;2H2,1,3-4H3;1-2H3/t;9-,10?;7-,9?;;;6-,7?,9?;6-,7?;5?,6-,7?;;/m.01..000../s1. The third-order valence-electron chi connectivity index (χ3n) is 32.0. The number of hydrazone groups is 1. The van der Waals surface area contributed by atoms with Gasteiger partial charge < -0.3 is 63.5 Å². The highest BCUT2D eigenvalue weighted by atomic mass is 16.5. The van der Waals surface area contributed by atoms with Gasteiger partial charge in [0.15, 0.2) is 0 Å². The highest BCUT2D eigenvalue weighted by Crippen LogP contribution is 2.67. The fraction of sp³-hybridized carbons (Fsp3) is 0.744. The number of likely N-dealkylation sites (tertiary alicyclic amines) is 4. The van der Waals surface area contributed by atoms with Gasteiger partial charge in [-0.1, -0.05) is 177 Å². The Bertz CT molecular complexity index is 3380. The van der Waals surface area contributed by atoms with Gasteiger partial charge in [-0.05, 0) is 142 Å². The van der Waals surface area contributed by atoms with Crippen LogP contribution < -0.4 is 5.69 Å². The number of piperazine rings is 1. The van der Waals surface area contributed by atoms with Gasteiger partial charge in [0.2, 0.25) is 5.91 Å². The maximum atomic E-state index is 11.4. The van der Waals surface area contributed by atoms with Crippen LogP contribution >= 0.6 is 0 Å². The van der Waals surface area contributed by atoms with Crippen molar-refractivity contribution in [1.82, 2.24) is 83.6 Å². The van der Waals surface area contributed by atoms with Crippen LogP contribution in [-0.2, 0) is 23.6 Å². The molecule has 1 aromatic rings. The lowest BCUT2D eigenvalue weighted by Gasteiger charge is -2.62. The number of nitrogens with zero attached hydrogens (tertiary/aromatic N) is 18. The van der Waals surface area contributed by atoms with Crippen LogP contribution in [0.25, 0.3) is 0 Å². The third-order valence-corrected chi connectivity index (χ3v) is 32.0. The first-order valence-corrected chi connectivity index (χ1v) is 40.2. The van der Waals surface area contributed by atoms with Crippen molar-refractivity contribution in [1.29, 1.82) is 0 Å². The van der Waals surface area contributed by atoms with Crippen molar-refractivity contribution >= 4 is 11.7 Å². The van der Waals surface area contributed by atoms with Crippen LogP contribution in [0.5, 0.6) is 0 Å². The molecule has 638 valence electrons. The predicted octanol–water partition coefficient (Wildman–Crippen LogP) is 16.6. The Morgan fingerprint density at radius 1 is 0.342 bits per heavy atom. The van der Waals surface area contributed by atoms with Crippen molar-refractivity contribution < 1.29 is 9.53 Å². The van der Waals surface area contributed by atoms with Crippen molar-refractivity contribution in [3.8, 4) is 0 Å². The molecular weight excluding hydrogens is 1380 g/mol. The summed E-state index contributed by atoms with van der Waals surface area (Å²) >= 11 is 0. The van der Waals surface area contributed by atoms with E-state index in [2.05, 4.69) is 381 Å². The van der Waals surface area contributed by atoms with Crippen molar-refractivity contribution in [2.75, 3.05) is 91.6 Å². The second-order valence-electron chi connectivity index (χ2n) is 38.1. The lowest BCUT2D eigenvalue weighted by molar-refractivity contribution is -0.175. The molecule has 10 rings (SSSR count). The maximum Gasteiger partial charge on any atom is 0.363 e. The van der Waals surface area contributed by atoms with Crippen LogP contribution in [0.4, 0.5) is 0 Å². The largest absolute Gasteiger partial charge is 0.375 e. The van der Waals surface area contributed by atoms with E-state index in [0.717, 1.165) is 46.3 Å². The Balaban J connectivity index is 0.000000622. The molecule has 0 N–H and O–H groups in total. The van der Waals surface area contributed by atoms with Crippen molar-refractivity contribution in [2.45, 2.75) is 280 Å². The third kappa shape index (κ3) is 19.5. The zero-order valence-corrected chi connectivity index (χ0v) is 80.3. The number of tetrazole rings is 1. The number of likely N-dealkylation sites (N-methyl/N-ethyl adjacent to an activating group) is 4. The van der Waals surface area contributed by atoms with Crippen LogP contribution in [0.1, 0.15) is 215 Å². The first kappa shape index (κ1) is 102. The fourth-order valence-corrected chi connectivity index (χ4v) is 15.3. The number of carbonyl (C=O) groups is 1. The molecule has 0 aromatic carbocycles. The maximum absolute atomic E-state index is 11.4. The Kier molecular flexibility index (Phi) is 33.7. The first-order valence-electron chi connectivity index (χ1n) is 40.2. The molecule has 9 aliphatic rings. The summed E-state index contributed by atoms with van der Waals surface area (Å²) in [5.41, 5.74) is 9.81. The lowest BCUT2D eigenvalue weighted by Crippen LogP contribution is -2.64. The number of hydrogen-bond donors (Lipinski definition) is 0. The van der Waals surface area contributed by atoms with E-state index in [0.29, 0.717) is 48.1 Å². The summed E-state index contributed by atoms with van der Waals surface area (Å²) < 4.78 is 7.82. The average Bonchev–Trinajstić information content (AvgIpc) is 1.60. The molecule has 10 heterocycles. The second kappa shape index (κ2) is 36.6. The molecule has 0 bridgehead atoms. The van der Waals surface area contributed by atoms with Gasteiger partial charge in [-0.15, -0.1) is 0 Å². The normalized spacial score (nSPS) is 30.0. The summed E-state index contributed by atoms with van der Waals surface area (Å²) in [6, 6.07) is 3.37. The minimum atomic E-state index is -0.204. The molecule has 8 fully saturated rings. The summed E-state index contributed by atoms with van der Waals surface area (Å²) in [5.74, 6) is 6.18. The van der Waals surface area contributed by atoms with Gasteiger partial charge in [-0.2, -0.15) is 14.5 Å². The molecular formula is C90H170N18O3. The number of aromatic nitrogens is 4. The molecule has 1 amide bonds. The highest BCUT2D eigenvalue weighted by Gasteiger charge is 2.64. The van der Waals surface area contributed by atoms with E-state index in [-0.39, 0.29) is 79.0 Å². The Morgan fingerprint density at radius 3 is 0.928 bits per heavy atom. The summed E-state index contributed by atoms with van der Waals surface area (Å²) in [4.78, 5) is 47.8. The minimum absolute atomic E-state index is 0.00352. The van der Waals surface area contributed by atoms with Gasteiger partial charge in [0.25, 0.3) is 0 Å². The number of allylic oxidation sites excluding steroid dienone is 2. The Hall–Kier alpha value is -7.03. The molecule has 8 saturated heterocycles. The van der Waals surface area contributed by atoms with Crippen LogP contribution in [0.15, 0.2) is 133 Å². The number of ether oxygens (including phenoxy) is 1. The van der Waals surface area contributed by atoms with Gasteiger partial charge >= 0.3 is 5.69 Å². The predicted molar refractivity (Wildman–Crippen MR) is 475 cm³/mol. The number of rotatable bonds is 0. The van der Waals surface area contributed by atoms with Gasteiger partial charge in [-0.3, -0.25) is 9.80 Å². The van der Waals surface area contributed by atoms with Gasteiger partial charge in [0, 0.05) is 209 Å². The molecule has 0 saturated carbocycles. The zero-order valence-electron chi connectivity index (χ0n) is 80.3. The summed E-state index contributed by atoms with van der Waals surface area (Å²) in [5, 5.41) is 12.8. The lowest BCUT2D eigenvalue weighted by atomic mass is 9.45. The molecule has 0 aliphatic carbocycles. The minimum Gasteiger partial charge on any atom is -0.375 e. The highest BCUT2D eigenvalue weighted by molar-refractivity contribution is 5.82. The number of hydrogen-bond acceptors (Lipinski definition) is 18. The van der Waals surface area contributed by atoms with Crippen LogP contribution in [0.3, 0.4) is 0 Å². The molecule has 9 aliphatic heterocycles. The summed E-state index contributed by atoms with van der Waals surface area (Å²) in [6.07, 6.45) is -0.0256. The van der Waals surface area contributed by atoms with Crippen molar-refractivity contribution in [3.63, 3.8) is 0 Å². The van der Waals surface area contributed by atoms with E-state index < -0.39 is 0 Å². The van der Waals surface area contributed by atoms with Crippen molar-refractivity contribution in [3.05, 3.63) is 134 Å². The van der Waals surface area contributed by atoms with Crippen LogP contribution in [0, 0.1) is 56.2 Å². The molecule has 12 atom stereocenters. The van der Waals surface area contributed by atoms with Gasteiger partial charge in [-0.25, -0.2) is 4.79 Å². The number of amides is 1. The Labute approximate surface area is 681 Å². The molecule has 0 spiro atoms. The molecule has 21 heteroatoms. The number of amidine groups is 1. The van der Waals surface area contributed by atoms with E-state index in [1.54, 1.807) is 31.1 Å². The van der Waals surface area contributed by atoms with E-state index in [4.69, 9.17) is 4.74 Å². The van der Waals surface area contributed by atoms with Crippen molar-refractivity contribution in [2.24, 2.45) is 75.4 Å². The topological polar surface area (TPSA) is 133 Å². The van der Waals surface area contributed by atoms with Crippen LogP contribution in [0.2, 0.25) is 0 Å². The van der Waals surface area contributed by atoms with E-state index in [1.165, 1.54) is 32.2 Å². The first-order chi connectivity index (χ1) is 49.6. The number of aryl methyl sites for hydroxylation is 2. The fourth-order valence-electron chi connectivity index (χ4n) is 15.3. The average molecular weight is 1550 g/mol.